The van der Waals surface area contributed by atoms with Gasteiger partial charge in [-0.3, -0.25) is 0 Å². The molecule has 0 aliphatic rings. The fourth-order valence-electron chi connectivity index (χ4n) is 3.83. The fraction of sp³-hybridized carbons (Fsp3) is 0.267. The average Bonchev–Trinajstić information content (AvgIpc) is 2.88. The number of hydrogen-bond donors (Lipinski definition) is 3. The molecule has 0 radical (unpaired) electrons. The standard InChI is InChI=1S/C30H35NO7S/c1-19(2)13-15-31-39(34,35)23-10-7-21(8-11-23)24-18-27(36-5)28(29(33)30(24)37-6)22-9-12-26(25(32)17-22)38-16-14-20(3)4/h7-14,17-18,31-33H,15-16H2,1-6H3. The second-order valence-electron chi connectivity index (χ2n) is 9.32. The first-order valence-corrected chi connectivity index (χ1v) is 13.8. The minimum atomic E-state index is -3.69. The quantitative estimate of drug-likeness (QED) is 0.248. The van der Waals surface area contributed by atoms with E-state index in [9.17, 15) is 18.6 Å². The Kier molecular flexibility index (Phi) is 9.66. The molecule has 3 aromatic carbocycles. The maximum Gasteiger partial charge on any atom is 0.240 e. The molecule has 3 N–H and O–H groups in total. The molecule has 0 fully saturated rings. The van der Waals surface area contributed by atoms with Crippen LogP contribution in [0.5, 0.6) is 28.7 Å². The molecule has 0 bridgehead atoms. The third-order valence-corrected chi connectivity index (χ3v) is 7.32. The third-order valence-electron chi connectivity index (χ3n) is 5.88. The Balaban J connectivity index is 1.99. The Morgan fingerprint density at radius 1 is 0.846 bits per heavy atom. The van der Waals surface area contributed by atoms with E-state index in [0.717, 1.165) is 11.1 Å². The highest BCUT2D eigenvalue weighted by atomic mass is 32.2. The number of sulfonamides is 1. The summed E-state index contributed by atoms with van der Waals surface area (Å²) in [5.41, 5.74) is 4.04. The minimum absolute atomic E-state index is 0.0888. The van der Waals surface area contributed by atoms with E-state index < -0.39 is 10.0 Å². The van der Waals surface area contributed by atoms with Crippen molar-refractivity contribution in [3.05, 3.63) is 71.8 Å². The number of aromatic hydroxyl groups is 2. The zero-order valence-electron chi connectivity index (χ0n) is 23.0. The highest BCUT2D eigenvalue weighted by Gasteiger charge is 2.23. The van der Waals surface area contributed by atoms with Crippen LogP contribution < -0.4 is 18.9 Å². The van der Waals surface area contributed by atoms with Crippen LogP contribution in [-0.2, 0) is 10.0 Å². The van der Waals surface area contributed by atoms with Gasteiger partial charge >= 0.3 is 0 Å². The van der Waals surface area contributed by atoms with Crippen LogP contribution in [0.2, 0.25) is 0 Å². The van der Waals surface area contributed by atoms with Gasteiger partial charge in [0.05, 0.1) is 24.7 Å². The summed E-state index contributed by atoms with van der Waals surface area (Å²) in [4.78, 5) is 0.113. The average molecular weight is 554 g/mol. The smallest absolute Gasteiger partial charge is 0.240 e. The number of rotatable bonds is 11. The highest BCUT2D eigenvalue weighted by Crippen LogP contribution is 2.50. The van der Waals surface area contributed by atoms with Crippen molar-refractivity contribution in [1.29, 1.82) is 0 Å². The SMILES string of the molecule is COc1cc(-c2ccc(S(=O)(=O)NCC=C(C)C)cc2)c(OC)c(O)c1-c1ccc(OCC=C(C)C)c(O)c1. The number of benzene rings is 3. The lowest BCUT2D eigenvalue weighted by atomic mass is 9.96. The van der Waals surface area contributed by atoms with E-state index in [1.807, 2.05) is 33.8 Å². The van der Waals surface area contributed by atoms with Crippen LogP contribution in [-0.4, -0.2) is 46.0 Å². The van der Waals surface area contributed by atoms with Crippen LogP contribution in [0, 0.1) is 0 Å². The maximum absolute atomic E-state index is 12.6. The molecule has 0 saturated carbocycles. The van der Waals surface area contributed by atoms with E-state index in [1.54, 1.807) is 36.4 Å². The second-order valence-corrected chi connectivity index (χ2v) is 11.1. The summed E-state index contributed by atoms with van der Waals surface area (Å²) >= 11 is 0. The highest BCUT2D eigenvalue weighted by molar-refractivity contribution is 7.89. The summed E-state index contributed by atoms with van der Waals surface area (Å²) in [6.45, 7) is 8.22. The van der Waals surface area contributed by atoms with Crippen LogP contribution in [0.3, 0.4) is 0 Å². The van der Waals surface area contributed by atoms with Crippen LogP contribution in [0.15, 0.2) is 76.7 Å². The van der Waals surface area contributed by atoms with Gasteiger partial charge in [0, 0.05) is 12.1 Å². The van der Waals surface area contributed by atoms with Gasteiger partial charge in [-0.1, -0.05) is 35.4 Å². The van der Waals surface area contributed by atoms with Crippen LogP contribution in [0.1, 0.15) is 27.7 Å². The molecule has 0 spiro atoms. The van der Waals surface area contributed by atoms with Gasteiger partial charge in [-0.15, -0.1) is 0 Å². The minimum Gasteiger partial charge on any atom is -0.504 e. The molecular weight excluding hydrogens is 518 g/mol. The molecule has 39 heavy (non-hydrogen) atoms. The van der Waals surface area contributed by atoms with Crippen LogP contribution in [0.4, 0.5) is 0 Å². The molecular formula is C30H35NO7S. The zero-order chi connectivity index (χ0) is 28.7. The fourth-order valence-corrected chi connectivity index (χ4v) is 4.80. The molecule has 3 aromatic rings. The molecule has 0 heterocycles. The topological polar surface area (TPSA) is 114 Å². The first-order valence-electron chi connectivity index (χ1n) is 12.3. The largest absolute Gasteiger partial charge is 0.504 e. The Bertz CT molecular complexity index is 1480. The van der Waals surface area contributed by atoms with Crippen molar-refractivity contribution in [1.82, 2.24) is 4.72 Å². The van der Waals surface area contributed by atoms with E-state index >= 15 is 0 Å². The summed E-state index contributed by atoms with van der Waals surface area (Å²) in [5.74, 6) is 0.537. The predicted molar refractivity (Wildman–Crippen MR) is 153 cm³/mol. The van der Waals surface area contributed by atoms with Crippen LogP contribution >= 0.6 is 0 Å². The number of ether oxygens (including phenoxy) is 3. The van der Waals surface area contributed by atoms with E-state index in [0.29, 0.717) is 40.4 Å². The molecule has 3 rings (SSSR count). The maximum atomic E-state index is 12.6. The normalized spacial score (nSPS) is 11.0. The summed E-state index contributed by atoms with van der Waals surface area (Å²) in [7, 11) is -0.789. The lowest BCUT2D eigenvalue weighted by molar-refractivity contribution is 0.335. The molecule has 0 amide bonds. The van der Waals surface area contributed by atoms with Gasteiger partial charge in [0.25, 0.3) is 0 Å². The predicted octanol–water partition coefficient (Wildman–Crippen LogP) is 6.04. The number of phenols is 2. The Hall–Kier alpha value is -3.95. The van der Waals surface area contributed by atoms with E-state index in [2.05, 4.69) is 4.72 Å². The van der Waals surface area contributed by atoms with Gasteiger partial charge in [-0.05, 0) is 75.2 Å². The first kappa shape index (κ1) is 29.6. The Labute approximate surface area is 230 Å². The number of nitrogens with one attached hydrogen (secondary N) is 1. The van der Waals surface area contributed by atoms with E-state index in [4.69, 9.17) is 14.2 Å². The molecule has 0 aliphatic carbocycles. The van der Waals surface area contributed by atoms with Crippen LogP contribution in [0.25, 0.3) is 22.3 Å². The van der Waals surface area contributed by atoms with E-state index in [-0.39, 0.29) is 28.7 Å². The van der Waals surface area contributed by atoms with Gasteiger partial charge in [0.15, 0.2) is 23.0 Å². The van der Waals surface area contributed by atoms with Crippen molar-refractivity contribution in [2.45, 2.75) is 32.6 Å². The monoisotopic (exact) mass is 553 g/mol. The van der Waals surface area contributed by atoms with Crippen molar-refractivity contribution in [2.24, 2.45) is 0 Å². The van der Waals surface area contributed by atoms with Crippen molar-refractivity contribution >= 4 is 10.0 Å². The lowest BCUT2D eigenvalue weighted by Gasteiger charge is -2.18. The van der Waals surface area contributed by atoms with Gasteiger partial charge < -0.3 is 24.4 Å². The van der Waals surface area contributed by atoms with Gasteiger partial charge in [-0.25, -0.2) is 13.1 Å². The number of phenolic OH excluding ortho intramolecular Hbond substituents is 2. The number of allylic oxidation sites excluding steroid dienone is 2. The Morgan fingerprint density at radius 2 is 1.49 bits per heavy atom. The summed E-state index contributed by atoms with van der Waals surface area (Å²) in [5, 5.41) is 21.8. The molecule has 9 heteroatoms. The van der Waals surface area contributed by atoms with Crippen molar-refractivity contribution in [3.63, 3.8) is 0 Å². The summed E-state index contributed by atoms with van der Waals surface area (Å²) < 4.78 is 44.6. The summed E-state index contributed by atoms with van der Waals surface area (Å²) in [6, 6.07) is 12.7. The van der Waals surface area contributed by atoms with Gasteiger partial charge in [0.1, 0.15) is 12.4 Å². The number of methoxy groups -OCH3 is 2. The van der Waals surface area contributed by atoms with E-state index in [1.165, 1.54) is 32.4 Å². The molecule has 0 saturated heterocycles. The zero-order valence-corrected chi connectivity index (χ0v) is 23.8. The number of hydrogen-bond acceptors (Lipinski definition) is 7. The van der Waals surface area contributed by atoms with Crippen molar-refractivity contribution in [3.8, 4) is 51.0 Å². The molecule has 8 nitrogen and oxygen atoms in total. The van der Waals surface area contributed by atoms with Crippen molar-refractivity contribution in [2.75, 3.05) is 27.4 Å². The van der Waals surface area contributed by atoms with Gasteiger partial charge in [0.2, 0.25) is 10.0 Å². The lowest BCUT2D eigenvalue weighted by Crippen LogP contribution is -2.23. The Morgan fingerprint density at radius 3 is 2.05 bits per heavy atom. The second kappa shape index (κ2) is 12.7. The van der Waals surface area contributed by atoms with Gasteiger partial charge in [-0.2, -0.15) is 0 Å². The molecule has 0 atom stereocenters. The third kappa shape index (κ3) is 7.13. The molecule has 0 unspecified atom stereocenters. The first-order chi connectivity index (χ1) is 18.5. The van der Waals surface area contributed by atoms with Crippen molar-refractivity contribution < 1.29 is 32.8 Å². The molecule has 0 aliphatic heterocycles. The molecule has 208 valence electrons. The summed E-state index contributed by atoms with van der Waals surface area (Å²) in [6.07, 6.45) is 3.69. The molecule has 0 aromatic heterocycles.